The maximum atomic E-state index is 11.6. The number of ether oxygens (including phenoxy) is 1. The monoisotopic (exact) mass is 246 g/mol. The zero-order valence-corrected chi connectivity index (χ0v) is 9.51. The van der Waals surface area contributed by atoms with Crippen molar-refractivity contribution in [1.82, 2.24) is 9.97 Å². The van der Waals surface area contributed by atoms with E-state index in [1.807, 2.05) is 0 Å². The first-order chi connectivity index (χ1) is 8.67. The molecule has 0 saturated carbocycles. The Morgan fingerprint density at radius 1 is 1.39 bits per heavy atom. The lowest BCUT2D eigenvalue weighted by molar-refractivity contribution is 0.416. The Morgan fingerprint density at radius 2 is 2.11 bits per heavy atom. The van der Waals surface area contributed by atoms with E-state index in [2.05, 4.69) is 15.1 Å². The van der Waals surface area contributed by atoms with Crippen molar-refractivity contribution in [3.05, 3.63) is 39.5 Å². The largest absolute Gasteiger partial charge is 0.496 e. The number of hydrogen-bond acceptors (Lipinski definition) is 6. The highest BCUT2D eigenvalue weighted by Crippen LogP contribution is 2.27. The molecule has 0 spiro atoms. The Morgan fingerprint density at radius 3 is 2.72 bits per heavy atom. The van der Waals surface area contributed by atoms with Gasteiger partial charge >= 0.3 is 0 Å². The fraction of sp³-hybridized carbons (Fsp3) is 0.0909. The van der Waals surface area contributed by atoms with Crippen molar-refractivity contribution >= 4 is 11.5 Å². The average Bonchev–Trinajstić information content (AvgIpc) is 2.38. The van der Waals surface area contributed by atoms with Gasteiger partial charge in [-0.1, -0.05) is 12.1 Å². The van der Waals surface area contributed by atoms with Crippen molar-refractivity contribution in [3.8, 4) is 17.1 Å². The van der Waals surface area contributed by atoms with Gasteiger partial charge in [0.1, 0.15) is 11.6 Å². The summed E-state index contributed by atoms with van der Waals surface area (Å²) in [5.74, 6) is 0.545. The van der Waals surface area contributed by atoms with Gasteiger partial charge in [0.15, 0.2) is 5.82 Å². The average molecular weight is 246 g/mol. The predicted octanol–water partition coefficient (Wildman–Crippen LogP) is 1.43. The van der Waals surface area contributed by atoms with Crippen LogP contribution in [0.1, 0.15) is 0 Å². The number of hydrogen-bond donors (Lipinski definition) is 2. The summed E-state index contributed by atoms with van der Waals surface area (Å²) in [7, 11) is 1.50. The summed E-state index contributed by atoms with van der Waals surface area (Å²) >= 11 is 0. The van der Waals surface area contributed by atoms with Crippen LogP contribution < -0.4 is 16.0 Å². The maximum Gasteiger partial charge on any atom is 0.282 e. The molecule has 18 heavy (non-hydrogen) atoms. The van der Waals surface area contributed by atoms with Crippen molar-refractivity contribution in [2.24, 2.45) is 5.18 Å². The van der Waals surface area contributed by atoms with Gasteiger partial charge in [-0.05, 0) is 17.3 Å². The van der Waals surface area contributed by atoms with Crippen LogP contribution >= 0.6 is 0 Å². The third-order valence-electron chi connectivity index (χ3n) is 2.38. The number of methoxy groups -OCH3 is 1. The van der Waals surface area contributed by atoms with E-state index in [1.54, 1.807) is 24.3 Å². The zero-order chi connectivity index (χ0) is 13.1. The van der Waals surface area contributed by atoms with Crippen LogP contribution in [-0.4, -0.2) is 17.1 Å². The molecule has 0 aliphatic carbocycles. The number of aromatic amines is 1. The minimum atomic E-state index is -0.682. The first kappa shape index (κ1) is 11.8. The molecule has 0 unspecified atom stereocenters. The zero-order valence-electron chi connectivity index (χ0n) is 9.51. The van der Waals surface area contributed by atoms with Crippen molar-refractivity contribution in [2.75, 3.05) is 12.8 Å². The quantitative estimate of drug-likeness (QED) is 0.796. The summed E-state index contributed by atoms with van der Waals surface area (Å²) in [6.45, 7) is 0. The number of nitroso groups, excluding NO2 is 1. The van der Waals surface area contributed by atoms with Gasteiger partial charge in [0.05, 0.1) is 12.7 Å². The first-order valence-corrected chi connectivity index (χ1v) is 5.04. The van der Waals surface area contributed by atoms with Gasteiger partial charge in [0.25, 0.3) is 5.56 Å². The van der Waals surface area contributed by atoms with E-state index in [0.29, 0.717) is 11.3 Å². The van der Waals surface area contributed by atoms with Crippen LogP contribution in [0.5, 0.6) is 5.75 Å². The number of nitrogens with two attached hydrogens (primary N) is 1. The molecule has 7 heteroatoms. The summed E-state index contributed by atoms with van der Waals surface area (Å²) in [6.07, 6.45) is 0. The molecular formula is C11H10N4O3. The van der Waals surface area contributed by atoms with E-state index in [1.165, 1.54) is 7.11 Å². The van der Waals surface area contributed by atoms with Crippen LogP contribution in [0.25, 0.3) is 11.4 Å². The molecule has 2 aromatic rings. The van der Waals surface area contributed by atoms with Gasteiger partial charge < -0.3 is 15.5 Å². The SMILES string of the molecule is COc1ccccc1-c1nc(N)c(N=O)c(=O)[nH]1. The molecule has 0 atom stereocenters. The van der Waals surface area contributed by atoms with E-state index in [9.17, 15) is 9.70 Å². The molecule has 1 heterocycles. The standard InChI is InChI=1S/C11H10N4O3/c1-18-7-5-3-2-4-6(7)10-13-9(12)8(15-17)11(16)14-10/h2-5H,1H3,(H3,12,13,14,16). The molecule has 0 saturated heterocycles. The molecule has 1 aromatic heterocycles. The molecule has 0 fully saturated rings. The molecule has 0 amide bonds. The molecule has 92 valence electrons. The molecule has 0 radical (unpaired) electrons. The number of H-pyrrole nitrogens is 1. The number of nitrogens with zero attached hydrogens (tertiary/aromatic N) is 2. The fourth-order valence-electron chi connectivity index (χ4n) is 1.54. The lowest BCUT2D eigenvalue weighted by atomic mass is 10.2. The van der Waals surface area contributed by atoms with E-state index in [0.717, 1.165) is 0 Å². The fourth-order valence-corrected chi connectivity index (χ4v) is 1.54. The van der Waals surface area contributed by atoms with Crippen LogP contribution in [0.4, 0.5) is 11.5 Å². The highest BCUT2D eigenvalue weighted by Gasteiger charge is 2.13. The molecule has 2 rings (SSSR count). The highest BCUT2D eigenvalue weighted by atomic mass is 16.5. The van der Waals surface area contributed by atoms with Crippen molar-refractivity contribution < 1.29 is 4.74 Å². The number of rotatable bonds is 3. The molecule has 7 nitrogen and oxygen atoms in total. The highest BCUT2D eigenvalue weighted by molar-refractivity contribution is 5.67. The third kappa shape index (κ3) is 1.93. The van der Waals surface area contributed by atoms with Crippen LogP contribution in [0.2, 0.25) is 0 Å². The molecule has 3 N–H and O–H groups in total. The number of anilines is 1. The first-order valence-electron chi connectivity index (χ1n) is 5.04. The van der Waals surface area contributed by atoms with E-state index in [4.69, 9.17) is 10.5 Å². The molecule has 0 aliphatic rings. The Labute approximate surface area is 102 Å². The molecular weight excluding hydrogens is 236 g/mol. The van der Waals surface area contributed by atoms with Crippen molar-refractivity contribution in [3.63, 3.8) is 0 Å². The van der Waals surface area contributed by atoms with Crippen molar-refractivity contribution in [1.29, 1.82) is 0 Å². The van der Waals surface area contributed by atoms with Crippen molar-refractivity contribution in [2.45, 2.75) is 0 Å². The number of benzene rings is 1. The van der Waals surface area contributed by atoms with Crippen LogP contribution in [0.3, 0.4) is 0 Å². The Bertz CT molecular complexity index is 651. The number of aromatic nitrogens is 2. The second kappa shape index (κ2) is 4.66. The number of nitrogen functional groups attached to an aromatic ring is 1. The van der Waals surface area contributed by atoms with E-state index >= 15 is 0 Å². The van der Waals surface area contributed by atoms with Gasteiger partial charge in [-0.15, -0.1) is 4.91 Å². The minimum absolute atomic E-state index is 0.213. The summed E-state index contributed by atoms with van der Waals surface area (Å²) < 4.78 is 5.15. The summed E-state index contributed by atoms with van der Waals surface area (Å²) in [4.78, 5) is 28.3. The van der Waals surface area contributed by atoms with Crippen LogP contribution in [0, 0.1) is 4.91 Å². The topological polar surface area (TPSA) is 110 Å². The van der Waals surface area contributed by atoms with Gasteiger partial charge in [-0.3, -0.25) is 4.79 Å². The molecule has 0 bridgehead atoms. The van der Waals surface area contributed by atoms with Gasteiger partial charge in [0.2, 0.25) is 5.69 Å². The second-order valence-corrected chi connectivity index (χ2v) is 3.44. The van der Waals surface area contributed by atoms with Gasteiger partial charge in [0, 0.05) is 0 Å². The normalized spacial score (nSPS) is 10.1. The lowest BCUT2D eigenvalue weighted by Gasteiger charge is -2.07. The van der Waals surface area contributed by atoms with Gasteiger partial charge in [-0.25, -0.2) is 4.98 Å². The lowest BCUT2D eigenvalue weighted by Crippen LogP contribution is -2.11. The molecule has 0 aliphatic heterocycles. The summed E-state index contributed by atoms with van der Waals surface area (Å²) in [5.41, 5.74) is 4.96. The second-order valence-electron chi connectivity index (χ2n) is 3.44. The third-order valence-corrected chi connectivity index (χ3v) is 2.38. The summed E-state index contributed by atoms with van der Waals surface area (Å²) in [5, 5.41) is 2.53. The summed E-state index contributed by atoms with van der Waals surface area (Å²) in [6, 6.07) is 6.98. The number of nitrogens with one attached hydrogen (secondary N) is 1. The predicted molar refractivity (Wildman–Crippen MR) is 66.7 cm³/mol. The van der Waals surface area contributed by atoms with Crippen LogP contribution in [-0.2, 0) is 0 Å². The Balaban J connectivity index is 2.65. The van der Waals surface area contributed by atoms with Gasteiger partial charge in [-0.2, -0.15) is 0 Å². The Hall–Kier alpha value is -2.70. The molecule has 1 aromatic carbocycles. The van der Waals surface area contributed by atoms with Crippen LogP contribution in [0.15, 0.2) is 34.2 Å². The van der Waals surface area contributed by atoms with E-state index in [-0.39, 0.29) is 11.6 Å². The Kier molecular flexibility index (Phi) is 3.05. The number of para-hydroxylation sites is 1. The van der Waals surface area contributed by atoms with E-state index < -0.39 is 11.2 Å². The smallest absolute Gasteiger partial charge is 0.282 e. The maximum absolute atomic E-state index is 11.6. The minimum Gasteiger partial charge on any atom is -0.496 e.